The van der Waals surface area contributed by atoms with Crippen molar-refractivity contribution in [2.45, 2.75) is 44.4 Å². The molecule has 0 atom stereocenters. The zero-order valence-corrected chi connectivity index (χ0v) is 15.0. The van der Waals surface area contributed by atoms with E-state index in [-0.39, 0.29) is 12.5 Å². The first-order chi connectivity index (χ1) is 12.5. The minimum Gasteiger partial charge on any atom is -0.455 e. The first kappa shape index (κ1) is 19.9. The van der Waals surface area contributed by atoms with E-state index in [2.05, 4.69) is 10.6 Å². The lowest BCUT2D eigenvalue weighted by Gasteiger charge is -2.27. The van der Waals surface area contributed by atoms with Crippen LogP contribution in [0.25, 0.3) is 0 Å². The number of carbonyl (C=O) groups excluding carboxylic acids is 3. The lowest BCUT2D eigenvalue weighted by molar-refractivity contribution is -0.154. The highest BCUT2D eigenvalue weighted by molar-refractivity contribution is 5.88. The molecular weight excluding hydrogens is 339 g/mol. The number of ether oxygens (including phenoxy) is 1. The van der Waals surface area contributed by atoms with E-state index in [1.54, 1.807) is 18.2 Å². The van der Waals surface area contributed by atoms with Gasteiger partial charge in [-0.05, 0) is 25.3 Å². The lowest BCUT2D eigenvalue weighted by Crippen LogP contribution is -2.41. The van der Waals surface area contributed by atoms with Gasteiger partial charge in [0, 0.05) is 12.1 Å². The van der Waals surface area contributed by atoms with Gasteiger partial charge in [-0.3, -0.25) is 14.4 Å². The average molecular weight is 364 g/mol. The first-order valence-corrected chi connectivity index (χ1v) is 8.95. The zero-order chi connectivity index (χ0) is 19.0. The maximum atomic E-state index is 14.2. The van der Waals surface area contributed by atoms with E-state index >= 15 is 0 Å². The molecule has 2 N–H and O–H groups in total. The minimum absolute atomic E-state index is 0.172. The van der Waals surface area contributed by atoms with Crippen LogP contribution in [0.15, 0.2) is 24.3 Å². The molecule has 142 valence electrons. The van der Waals surface area contributed by atoms with Crippen LogP contribution in [0, 0.1) is 5.82 Å². The van der Waals surface area contributed by atoms with Crippen LogP contribution in [-0.2, 0) is 24.5 Å². The van der Waals surface area contributed by atoms with Crippen molar-refractivity contribution in [3.8, 4) is 0 Å². The second kappa shape index (κ2) is 9.31. The summed E-state index contributed by atoms with van der Waals surface area (Å²) in [5.41, 5.74) is -0.716. The van der Waals surface area contributed by atoms with Crippen LogP contribution in [0.2, 0.25) is 0 Å². The summed E-state index contributed by atoms with van der Waals surface area (Å²) in [7, 11) is 0. The molecule has 1 fully saturated rings. The highest BCUT2D eigenvalue weighted by Gasteiger charge is 2.45. The molecule has 1 aromatic carbocycles. The van der Waals surface area contributed by atoms with Gasteiger partial charge in [-0.2, -0.15) is 0 Å². The lowest BCUT2D eigenvalue weighted by atomic mass is 9.78. The Morgan fingerprint density at radius 1 is 1.12 bits per heavy atom. The zero-order valence-electron chi connectivity index (χ0n) is 15.0. The Morgan fingerprint density at radius 2 is 1.81 bits per heavy atom. The van der Waals surface area contributed by atoms with Crippen LogP contribution in [0.1, 0.15) is 44.6 Å². The van der Waals surface area contributed by atoms with Gasteiger partial charge in [0.1, 0.15) is 5.82 Å². The number of rotatable bonds is 8. The number of hydrogen-bond acceptors (Lipinski definition) is 4. The molecule has 0 bridgehead atoms. The Kier molecular flexibility index (Phi) is 7.12. The molecule has 2 rings (SSSR count). The van der Waals surface area contributed by atoms with Gasteiger partial charge < -0.3 is 15.4 Å². The minimum atomic E-state index is -1.04. The molecule has 1 saturated carbocycles. The number of benzene rings is 1. The number of nitrogens with one attached hydrogen (secondary N) is 2. The van der Waals surface area contributed by atoms with Crippen molar-refractivity contribution in [3.63, 3.8) is 0 Å². The Hall–Kier alpha value is -2.44. The van der Waals surface area contributed by atoms with E-state index in [9.17, 15) is 18.8 Å². The monoisotopic (exact) mass is 364 g/mol. The molecular formula is C19H25FN2O4. The predicted octanol–water partition coefficient (Wildman–Crippen LogP) is 1.82. The van der Waals surface area contributed by atoms with Gasteiger partial charge >= 0.3 is 5.97 Å². The molecule has 0 heterocycles. The number of esters is 1. The fourth-order valence-electron chi connectivity index (χ4n) is 3.24. The van der Waals surface area contributed by atoms with Gasteiger partial charge in [0.2, 0.25) is 5.91 Å². The predicted molar refractivity (Wildman–Crippen MR) is 93.8 cm³/mol. The van der Waals surface area contributed by atoms with Crippen molar-refractivity contribution in [3.05, 3.63) is 35.6 Å². The normalized spacial score (nSPS) is 15.3. The van der Waals surface area contributed by atoms with Gasteiger partial charge in [-0.1, -0.05) is 38.0 Å². The molecule has 0 spiro atoms. The summed E-state index contributed by atoms with van der Waals surface area (Å²) in [6, 6.07) is 6.18. The summed E-state index contributed by atoms with van der Waals surface area (Å²) in [6.07, 6.45) is 3.39. The summed E-state index contributed by atoms with van der Waals surface area (Å²) < 4.78 is 19.4. The number of hydrogen-bond donors (Lipinski definition) is 2. The summed E-state index contributed by atoms with van der Waals surface area (Å²) >= 11 is 0. The second-order valence-corrected chi connectivity index (χ2v) is 6.47. The third-order valence-electron chi connectivity index (χ3n) is 4.59. The van der Waals surface area contributed by atoms with Crippen molar-refractivity contribution >= 4 is 17.8 Å². The molecule has 1 aliphatic rings. The third kappa shape index (κ3) is 4.80. The van der Waals surface area contributed by atoms with Gasteiger partial charge in [0.05, 0.1) is 12.0 Å². The molecule has 26 heavy (non-hydrogen) atoms. The van der Waals surface area contributed by atoms with Crippen LogP contribution in [0.4, 0.5) is 4.39 Å². The van der Waals surface area contributed by atoms with Crippen molar-refractivity contribution in [1.82, 2.24) is 10.6 Å². The van der Waals surface area contributed by atoms with Crippen LogP contribution in [-0.4, -0.2) is 37.5 Å². The van der Waals surface area contributed by atoms with Crippen LogP contribution >= 0.6 is 0 Å². The van der Waals surface area contributed by atoms with Gasteiger partial charge in [-0.15, -0.1) is 0 Å². The van der Waals surface area contributed by atoms with E-state index in [4.69, 9.17) is 4.74 Å². The third-order valence-corrected chi connectivity index (χ3v) is 4.59. The number of carbonyl (C=O) groups is 3. The highest BCUT2D eigenvalue weighted by atomic mass is 19.1. The van der Waals surface area contributed by atoms with Crippen molar-refractivity contribution in [2.75, 3.05) is 19.7 Å². The molecule has 2 amide bonds. The summed E-state index contributed by atoms with van der Waals surface area (Å²) in [4.78, 5) is 35.9. The Balaban J connectivity index is 1.92. The molecule has 1 aromatic rings. The van der Waals surface area contributed by atoms with E-state index < -0.39 is 29.7 Å². The fraction of sp³-hybridized carbons (Fsp3) is 0.526. The molecule has 0 saturated heterocycles. The number of amides is 2. The maximum absolute atomic E-state index is 14.2. The fourth-order valence-corrected chi connectivity index (χ4v) is 3.24. The van der Waals surface area contributed by atoms with E-state index in [0.717, 1.165) is 19.3 Å². The van der Waals surface area contributed by atoms with Crippen LogP contribution in [0.3, 0.4) is 0 Å². The summed E-state index contributed by atoms with van der Waals surface area (Å²) in [5.74, 6) is -1.90. The van der Waals surface area contributed by atoms with Crippen molar-refractivity contribution in [1.29, 1.82) is 0 Å². The first-order valence-electron chi connectivity index (χ1n) is 8.95. The Bertz CT molecular complexity index is 657. The second-order valence-electron chi connectivity index (χ2n) is 6.47. The van der Waals surface area contributed by atoms with Gasteiger partial charge in [0.15, 0.2) is 6.61 Å². The highest BCUT2D eigenvalue weighted by Crippen LogP contribution is 2.43. The van der Waals surface area contributed by atoms with Crippen molar-refractivity contribution < 1.29 is 23.5 Å². The Labute approximate surface area is 152 Å². The number of halogens is 1. The smallest absolute Gasteiger partial charge is 0.317 e. The largest absolute Gasteiger partial charge is 0.455 e. The molecule has 7 heteroatoms. The molecule has 0 radical (unpaired) electrons. The van der Waals surface area contributed by atoms with E-state index in [0.29, 0.717) is 24.9 Å². The summed E-state index contributed by atoms with van der Waals surface area (Å²) in [6.45, 7) is 1.80. The van der Waals surface area contributed by atoms with Gasteiger partial charge in [0.25, 0.3) is 5.91 Å². The molecule has 0 aliphatic heterocycles. The molecule has 0 aromatic heterocycles. The standard InChI is InChI=1S/C19H25FN2O4/c1-2-11-21-16(23)12-22-17(24)13-26-18(25)19(9-5-6-10-19)14-7-3-4-8-15(14)20/h3-4,7-8H,2,5-6,9-13H2,1H3,(H,21,23)(H,22,24). The quantitative estimate of drug-likeness (QED) is 0.689. The molecule has 0 unspecified atom stereocenters. The maximum Gasteiger partial charge on any atom is 0.317 e. The van der Waals surface area contributed by atoms with E-state index in [1.165, 1.54) is 6.07 Å². The van der Waals surface area contributed by atoms with Crippen LogP contribution in [0.5, 0.6) is 0 Å². The topological polar surface area (TPSA) is 84.5 Å². The Morgan fingerprint density at radius 3 is 2.46 bits per heavy atom. The van der Waals surface area contributed by atoms with Crippen molar-refractivity contribution in [2.24, 2.45) is 0 Å². The summed E-state index contributed by atoms with van der Waals surface area (Å²) in [5, 5.41) is 5.03. The SMILES string of the molecule is CCCNC(=O)CNC(=O)COC(=O)C1(c2ccccc2F)CCCC1. The average Bonchev–Trinajstić information content (AvgIpc) is 3.14. The molecule has 6 nitrogen and oxygen atoms in total. The van der Waals surface area contributed by atoms with Gasteiger partial charge in [-0.25, -0.2) is 4.39 Å². The molecule has 1 aliphatic carbocycles. The van der Waals surface area contributed by atoms with Crippen LogP contribution < -0.4 is 10.6 Å². The van der Waals surface area contributed by atoms with E-state index in [1.807, 2.05) is 6.92 Å².